The van der Waals surface area contributed by atoms with E-state index in [1.165, 1.54) is 32.7 Å². The number of para-hydroxylation sites is 2. The Morgan fingerprint density at radius 1 is 0.275 bits per heavy atom. The highest BCUT2D eigenvalue weighted by Crippen LogP contribution is 2.42. The number of fused-ring (bicyclic) bond motifs is 11. The number of benzene rings is 12. The molecule has 3 nitrogen and oxygen atoms in total. The molecule has 3 heteroatoms. The predicted octanol–water partition coefficient (Wildman–Crippen LogP) is 18.1. The summed E-state index contributed by atoms with van der Waals surface area (Å²) in [5, 5.41) is 11.6. The van der Waals surface area contributed by atoms with Crippen LogP contribution in [0.4, 0.5) is 0 Å². The second-order valence-electron chi connectivity index (χ2n) is 18.0. The van der Waals surface area contributed by atoms with Gasteiger partial charge in [-0.15, -0.1) is 0 Å². The van der Waals surface area contributed by atoms with Crippen LogP contribution in [-0.2, 0) is 0 Å². The van der Waals surface area contributed by atoms with Gasteiger partial charge in [0.1, 0.15) is 11.2 Å². The summed E-state index contributed by atoms with van der Waals surface area (Å²) in [6, 6.07) is 85.0. The van der Waals surface area contributed by atoms with E-state index >= 15 is 0 Å². The molecule has 12 aromatic carbocycles. The number of hydrogen-bond acceptors (Lipinski definition) is 3. The van der Waals surface area contributed by atoms with Crippen molar-refractivity contribution in [2.24, 2.45) is 0 Å². The van der Waals surface area contributed by atoms with E-state index in [4.69, 9.17) is 14.4 Å². The average molecular weight is 877 g/mol. The van der Waals surface area contributed by atoms with Gasteiger partial charge in [0.15, 0.2) is 0 Å². The van der Waals surface area contributed by atoms with Gasteiger partial charge in [0.05, 0.1) is 22.9 Å². The summed E-state index contributed by atoms with van der Waals surface area (Å²) < 4.78 is 6.43. The molecule has 0 fully saturated rings. The van der Waals surface area contributed by atoms with Crippen LogP contribution in [0.15, 0.2) is 247 Å². The van der Waals surface area contributed by atoms with Crippen LogP contribution in [0.25, 0.3) is 143 Å². The minimum atomic E-state index is 0.828. The van der Waals surface area contributed by atoms with E-state index in [-0.39, 0.29) is 0 Å². The molecule has 2 heterocycles. The molecule has 14 aromatic rings. The van der Waals surface area contributed by atoms with Crippen LogP contribution in [0.5, 0.6) is 0 Å². The highest BCUT2D eigenvalue weighted by atomic mass is 16.3. The Kier molecular flexibility index (Phi) is 8.90. The summed E-state index contributed by atoms with van der Waals surface area (Å²) in [6.45, 7) is 0. The molecule has 0 aliphatic heterocycles. The summed E-state index contributed by atoms with van der Waals surface area (Å²) >= 11 is 0. The van der Waals surface area contributed by atoms with E-state index in [0.29, 0.717) is 0 Å². The maximum Gasteiger partial charge on any atom is 0.143 e. The fraction of sp³-hybridized carbons (Fsp3) is 0. The number of nitrogens with zero attached hydrogens (tertiary/aromatic N) is 2. The number of hydrogen-bond donors (Lipinski definition) is 0. The smallest absolute Gasteiger partial charge is 0.143 e. The molecule has 14 rings (SSSR count). The molecule has 0 saturated heterocycles. The first kappa shape index (κ1) is 39.0. The molecule has 0 radical (unpaired) electrons. The van der Waals surface area contributed by atoms with Gasteiger partial charge in [0, 0.05) is 32.7 Å². The average Bonchev–Trinajstić information content (AvgIpc) is 3.81. The zero-order chi connectivity index (χ0) is 45.4. The van der Waals surface area contributed by atoms with Crippen LogP contribution >= 0.6 is 0 Å². The molecular formula is C66H40N2O. The normalized spacial score (nSPS) is 11.8. The molecule has 0 saturated carbocycles. The third-order valence-electron chi connectivity index (χ3n) is 14.1. The van der Waals surface area contributed by atoms with Crippen LogP contribution in [0, 0.1) is 0 Å². The Morgan fingerprint density at radius 2 is 0.725 bits per heavy atom. The van der Waals surface area contributed by atoms with Crippen LogP contribution in [0.3, 0.4) is 0 Å². The third kappa shape index (κ3) is 6.51. The quantitative estimate of drug-likeness (QED) is 0.156. The molecule has 0 spiro atoms. The Morgan fingerprint density at radius 3 is 1.38 bits per heavy atom. The van der Waals surface area contributed by atoms with E-state index in [1.54, 1.807) is 0 Å². The fourth-order valence-electron chi connectivity index (χ4n) is 10.7. The van der Waals surface area contributed by atoms with E-state index < -0.39 is 0 Å². The summed E-state index contributed by atoms with van der Waals surface area (Å²) in [7, 11) is 0. The zero-order valence-electron chi connectivity index (χ0n) is 37.4. The number of aromatic nitrogens is 2. The largest absolute Gasteiger partial charge is 0.455 e. The van der Waals surface area contributed by atoms with Crippen molar-refractivity contribution in [1.82, 2.24) is 9.97 Å². The van der Waals surface area contributed by atoms with E-state index in [2.05, 4.69) is 224 Å². The zero-order valence-corrected chi connectivity index (χ0v) is 37.4. The van der Waals surface area contributed by atoms with E-state index in [9.17, 15) is 0 Å². The standard InChI is InChI=1S/C66H40N2O/c1-3-23-51-41(13-1)15-10-26-53(51)48-31-33-56-57-34-32-49(54-27-11-16-42-14-2-4-24-52(42)54)39-61(57)65-64(60(56)38-48)67-40-62(68-65)50-22-9-20-46(37-50)44-18-7-17-43(35-44)45-19-8-21-47(36-45)55-28-12-29-59-58-25-5-6-30-63(58)69-66(55)59/h1-40H. The highest BCUT2D eigenvalue weighted by Gasteiger charge is 2.18. The van der Waals surface area contributed by atoms with Crippen molar-refractivity contribution in [1.29, 1.82) is 0 Å². The van der Waals surface area contributed by atoms with Gasteiger partial charge < -0.3 is 4.42 Å². The molecule has 2 aromatic heterocycles. The Balaban J connectivity index is 0.892. The molecular weight excluding hydrogens is 837 g/mol. The van der Waals surface area contributed by atoms with Crippen molar-refractivity contribution in [2.75, 3.05) is 0 Å². The summed E-state index contributed by atoms with van der Waals surface area (Å²) in [5.41, 5.74) is 16.9. The maximum absolute atomic E-state index is 6.43. The lowest BCUT2D eigenvalue weighted by Gasteiger charge is -2.15. The van der Waals surface area contributed by atoms with E-state index in [1.807, 2.05) is 18.3 Å². The number of rotatable bonds is 6. The molecule has 0 N–H and O–H groups in total. The first-order valence-corrected chi connectivity index (χ1v) is 23.5. The van der Waals surface area contributed by atoms with Crippen molar-refractivity contribution in [2.45, 2.75) is 0 Å². The maximum atomic E-state index is 6.43. The lowest BCUT2D eigenvalue weighted by atomic mass is 9.91. The Bertz CT molecular complexity index is 4380. The lowest BCUT2D eigenvalue weighted by Crippen LogP contribution is -1.94. The van der Waals surface area contributed by atoms with Gasteiger partial charge in [-0.1, -0.05) is 200 Å². The van der Waals surface area contributed by atoms with Gasteiger partial charge in [-0.3, -0.25) is 4.98 Å². The summed E-state index contributed by atoms with van der Waals surface area (Å²) in [4.78, 5) is 10.9. The predicted molar refractivity (Wildman–Crippen MR) is 289 cm³/mol. The first-order valence-electron chi connectivity index (χ1n) is 23.5. The lowest BCUT2D eigenvalue weighted by molar-refractivity contribution is 0.670. The fourth-order valence-corrected chi connectivity index (χ4v) is 10.7. The minimum absolute atomic E-state index is 0.828. The van der Waals surface area contributed by atoms with Crippen LogP contribution in [-0.4, -0.2) is 9.97 Å². The topological polar surface area (TPSA) is 38.9 Å². The molecule has 0 atom stereocenters. The molecule has 320 valence electrons. The van der Waals surface area contributed by atoms with Gasteiger partial charge in [-0.2, -0.15) is 0 Å². The molecule has 0 amide bonds. The molecule has 0 bridgehead atoms. The Labute approximate surface area is 398 Å². The summed E-state index contributed by atoms with van der Waals surface area (Å²) in [5.74, 6) is 0. The van der Waals surface area contributed by atoms with Crippen LogP contribution < -0.4 is 0 Å². The van der Waals surface area contributed by atoms with Crippen molar-refractivity contribution in [3.63, 3.8) is 0 Å². The van der Waals surface area contributed by atoms with Crippen LogP contribution in [0.2, 0.25) is 0 Å². The van der Waals surface area contributed by atoms with Crippen LogP contribution in [0.1, 0.15) is 0 Å². The van der Waals surface area contributed by atoms with Gasteiger partial charge in [0.2, 0.25) is 0 Å². The molecule has 69 heavy (non-hydrogen) atoms. The van der Waals surface area contributed by atoms with Crippen molar-refractivity contribution in [3.05, 3.63) is 243 Å². The molecule has 0 aliphatic carbocycles. The Hall–Kier alpha value is -9.18. The SMILES string of the molecule is c1cc(-c2cccc(-c3cnc4c5cc(-c6cccc7ccccc67)ccc5c5ccc(-c6cccc7ccccc67)cc5c4n3)c2)cc(-c2cccc(-c3cccc4c3oc3ccccc34)c2)c1. The van der Waals surface area contributed by atoms with Gasteiger partial charge in [0.25, 0.3) is 0 Å². The van der Waals surface area contributed by atoms with Crippen molar-refractivity contribution < 1.29 is 4.42 Å². The van der Waals surface area contributed by atoms with Crippen molar-refractivity contribution in [3.8, 4) is 66.9 Å². The monoisotopic (exact) mass is 876 g/mol. The molecule has 0 unspecified atom stereocenters. The second kappa shape index (κ2) is 15.7. The van der Waals surface area contributed by atoms with Gasteiger partial charge >= 0.3 is 0 Å². The summed E-state index contributed by atoms with van der Waals surface area (Å²) in [6.07, 6.45) is 1.95. The number of furan rings is 1. The van der Waals surface area contributed by atoms with Crippen molar-refractivity contribution >= 4 is 76.1 Å². The molecule has 0 aliphatic rings. The van der Waals surface area contributed by atoms with E-state index in [0.717, 1.165) is 110 Å². The first-order chi connectivity index (χ1) is 34.2. The van der Waals surface area contributed by atoms with Gasteiger partial charge in [-0.05, 0) is 119 Å². The highest BCUT2D eigenvalue weighted by molar-refractivity contribution is 6.25. The third-order valence-corrected chi connectivity index (χ3v) is 14.1. The van der Waals surface area contributed by atoms with Gasteiger partial charge in [-0.25, -0.2) is 4.98 Å². The second-order valence-corrected chi connectivity index (χ2v) is 18.0. The minimum Gasteiger partial charge on any atom is -0.455 e.